The van der Waals surface area contributed by atoms with E-state index in [-0.39, 0.29) is 30.6 Å². The van der Waals surface area contributed by atoms with Crippen molar-refractivity contribution in [2.75, 3.05) is 19.8 Å². The summed E-state index contributed by atoms with van der Waals surface area (Å²) in [5.74, 6) is -2.16. The molecule has 1 saturated heterocycles. The molecular formula is C15H17N3O6. The van der Waals surface area contributed by atoms with Crippen molar-refractivity contribution in [3.63, 3.8) is 0 Å². The third-order valence-corrected chi connectivity index (χ3v) is 3.29. The molecule has 9 heteroatoms. The Bertz CT molecular complexity index is 637. The highest BCUT2D eigenvalue weighted by Crippen LogP contribution is 2.09. The van der Waals surface area contributed by atoms with E-state index in [0.29, 0.717) is 18.8 Å². The van der Waals surface area contributed by atoms with Crippen molar-refractivity contribution in [2.24, 2.45) is 5.92 Å². The van der Waals surface area contributed by atoms with Gasteiger partial charge in [-0.2, -0.15) is 0 Å². The van der Waals surface area contributed by atoms with E-state index in [0.717, 1.165) is 12.2 Å². The number of esters is 2. The van der Waals surface area contributed by atoms with E-state index in [1.165, 1.54) is 6.20 Å². The molecule has 3 N–H and O–H groups in total. The minimum Gasteiger partial charge on any atom is -0.462 e. The third-order valence-electron chi connectivity index (χ3n) is 3.29. The van der Waals surface area contributed by atoms with Crippen LogP contribution in [0, 0.1) is 5.92 Å². The standard InChI is InChI=1S/C15H17N3O6/c1-9-17-6-11(15(22)18-9)8-24-13(20)3-2-12(19)23-7-10-4-5-16-14(10)21/h2-3,6,10,17H,1,4-5,7-8H2,(H,16,21)(H,18,22). The molecule has 2 amide bonds. The molecule has 2 aliphatic rings. The fourth-order valence-corrected chi connectivity index (χ4v) is 1.97. The molecule has 24 heavy (non-hydrogen) atoms. The molecule has 128 valence electrons. The van der Waals surface area contributed by atoms with Crippen molar-refractivity contribution in [1.29, 1.82) is 0 Å². The lowest BCUT2D eigenvalue weighted by atomic mass is 10.1. The molecule has 0 spiro atoms. The van der Waals surface area contributed by atoms with Crippen LogP contribution in [0.5, 0.6) is 0 Å². The monoisotopic (exact) mass is 335 g/mol. The van der Waals surface area contributed by atoms with Gasteiger partial charge in [0.1, 0.15) is 19.0 Å². The molecule has 0 aromatic carbocycles. The summed E-state index contributed by atoms with van der Waals surface area (Å²) >= 11 is 0. The molecule has 1 atom stereocenters. The molecular weight excluding hydrogens is 318 g/mol. The molecule has 2 rings (SSSR count). The average molecular weight is 335 g/mol. The van der Waals surface area contributed by atoms with Gasteiger partial charge in [-0.05, 0) is 6.42 Å². The SMILES string of the molecule is C=C1NC=C(COC(=O)C=CC(=O)OCC2CCNC2=O)C(=O)N1. The van der Waals surface area contributed by atoms with Gasteiger partial charge in [0.2, 0.25) is 5.91 Å². The third kappa shape index (κ3) is 4.97. The first-order chi connectivity index (χ1) is 11.5. The largest absolute Gasteiger partial charge is 0.462 e. The van der Waals surface area contributed by atoms with Crippen LogP contribution < -0.4 is 16.0 Å². The Kier molecular flexibility index (Phi) is 5.72. The van der Waals surface area contributed by atoms with Gasteiger partial charge >= 0.3 is 11.9 Å². The number of carbonyl (C=O) groups is 4. The number of amides is 2. The maximum atomic E-state index is 11.5. The van der Waals surface area contributed by atoms with Gasteiger partial charge in [-0.3, -0.25) is 9.59 Å². The zero-order valence-electron chi connectivity index (χ0n) is 12.8. The minimum atomic E-state index is -0.802. The van der Waals surface area contributed by atoms with Crippen molar-refractivity contribution >= 4 is 23.8 Å². The summed E-state index contributed by atoms with van der Waals surface area (Å²) in [5, 5.41) is 7.73. The summed E-state index contributed by atoms with van der Waals surface area (Å²) in [7, 11) is 0. The first-order valence-electron chi connectivity index (χ1n) is 7.21. The summed E-state index contributed by atoms with van der Waals surface area (Å²) < 4.78 is 9.72. The second kappa shape index (κ2) is 7.95. The fourth-order valence-electron chi connectivity index (χ4n) is 1.97. The van der Waals surface area contributed by atoms with Crippen LogP contribution in [0.15, 0.2) is 36.3 Å². The molecule has 2 heterocycles. The van der Waals surface area contributed by atoms with Crippen LogP contribution in [0.1, 0.15) is 6.42 Å². The van der Waals surface area contributed by atoms with E-state index < -0.39 is 17.8 Å². The number of rotatable bonds is 6. The topological polar surface area (TPSA) is 123 Å². The highest BCUT2D eigenvalue weighted by molar-refractivity contribution is 5.96. The summed E-state index contributed by atoms with van der Waals surface area (Å²) in [6.07, 6.45) is 3.78. The molecule has 1 unspecified atom stereocenters. The van der Waals surface area contributed by atoms with Crippen molar-refractivity contribution < 1.29 is 28.7 Å². The molecule has 9 nitrogen and oxygen atoms in total. The molecule has 0 saturated carbocycles. The van der Waals surface area contributed by atoms with Crippen LogP contribution in [-0.2, 0) is 28.7 Å². The lowest BCUT2D eigenvalue weighted by Gasteiger charge is -2.16. The van der Waals surface area contributed by atoms with E-state index in [4.69, 9.17) is 9.47 Å². The van der Waals surface area contributed by atoms with Gasteiger partial charge in [-0.15, -0.1) is 0 Å². The number of ether oxygens (including phenoxy) is 2. The Labute approximate surface area is 137 Å². The van der Waals surface area contributed by atoms with Crippen LogP contribution in [0.3, 0.4) is 0 Å². The minimum absolute atomic E-state index is 0.0351. The molecule has 0 aromatic heterocycles. The van der Waals surface area contributed by atoms with Crippen LogP contribution in [0.4, 0.5) is 0 Å². The van der Waals surface area contributed by atoms with E-state index in [1.807, 2.05) is 0 Å². The maximum absolute atomic E-state index is 11.5. The predicted molar refractivity (Wildman–Crippen MR) is 80.7 cm³/mol. The fraction of sp³-hybridized carbons (Fsp3) is 0.333. The average Bonchev–Trinajstić information content (AvgIpc) is 2.95. The molecule has 0 radical (unpaired) electrons. The maximum Gasteiger partial charge on any atom is 0.331 e. The molecule has 2 aliphatic heterocycles. The van der Waals surface area contributed by atoms with E-state index in [2.05, 4.69) is 22.5 Å². The highest BCUT2D eigenvalue weighted by Gasteiger charge is 2.25. The second-order valence-corrected chi connectivity index (χ2v) is 5.09. The molecule has 0 aromatic rings. The lowest BCUT2D eigenvalue weighted by molar-refractivity contribution is -0.142. The summed E-state index contributed by atoms with van der Waals surface area (Å²) in [5.41, 5.74) is 0.207. The molecule has 0 aliphatic carbocycles. The van der Waals surface area contributed by atoms with Crippen LogP contribution in [0.2, 0.25) is 0 Å². The van der Waals surface area contributed by atoms with Gasteiger partial charge in [0.25, 0.3) is 5.91 Å². The lowest BCUT2D eigenvalue weighted by Crippen LogP contribution is -2.36. The van der Waals surface area contributed by atoms with Gasteiger partial charge in [-0.1, -0.05) is 6.58 Å². The van der Waals surface area contributed by atoms with Crippen LogP contribution in [0.25, 0.3) is 0 Å². The van der Waals surface area contributed by atoms with E-state index in [9.17, 15) is 19.2 Å². The number of carbonyl (C=O) groups excluding carboxylic acids is 4. The second-order valence-electron chi connectivity index (χ2n) is 5.09. The predicted octanol–water partition coefficient (Wildman–Crippen LogP) is -1.16. The summed E-state index contributed by atoms with van der Waals surface area (Å²) in [6.45, 7) is 3.78. The first kappa shape index (κ1) is 17.3. The first-order valence-corrected chi connectivity index (χ1v) is 7.21. The summed E-state index contributed by atoms with van der Waals surface area (Å²) in [4.78, 5) is 45.8. The number of nitrogens with one attached hydrogen (secondary N) is 3. The molecule has 0 bridgehead atoms. The number of hydrogen-bond acceptors (Lipinski definition) is 7. The van der Waals surface area contributed by atoms with Gasteiger partial charge in [-0.25, -0.2) is 9.59 Å². The zero-order valence-corrected chi connectivity index (χ0v) is 12.8. The van der Waals surface area contributed by atoms with E-state index >= 15 is 0 Å². The van der Waals surface area contributed by atoms with Crippen LogP contribution in [-0.4, -0.2) is 43.5 Å². The Morgan fingerprint density at radius 1 is 1.25 bits per heavy atom. The van der Waals surface area contributed by atoms with Crippen molar-refractivity contribution in [1.82, 2.24) is 16.0 Å². The zero-order chi connectivity index (χ0) is 17.5. The van der Waals surface area contributed by atoms with Crippen molar-refractivity contribution in [3.8, 4) is 0 Å². The Morgan fingerprint density at radius 3 is 2.58 bits per heavy atom. The Morgan fingerprint density at radius 2 is 1.96 bits per heavy atom. The van der Waals surface area contributed by atoms with Crippen molar-refractivity contribution in [3.05, 3.63) is 36.3 Å². The van der Waals surface area contributed by atoms with Gasteiger partial charge in [0, 0.05) is 24.9 Å². The van der Waals surface area contributed by atoms with Gasteiger partial charge in [0.15, 0.2) is 0 Å². The van der Waals surface area contributed by atoms with Gasteiger partial charge < -0.3 is 25.4 Å². The van der Waals surface area contributed by atoms with Crippen LogP contribution >= 0.6 is 0 Å². The number of hydrogen-bond donors (Lipinski definition) is 3. The Hall–Kier alpha value is -3.10. The Balaban J connectivity index is 1.70. The van der Waals surface area contributed by atoms with Gasteiger partial charge in [0.05, 0.1) is 11.5 Å². The van der Waals surface area contributed by atoms with Crippen molar-refractivity contribution in [2.45, 2.75) is 6.42 Å². The highest BCUT2D eigenvalue weighted by atomic mass is 16.5. The molecule has 1 fully saturated rings. The smallest absolute Gasteiger partial charge is 0.331 e. The summed E-state index contributed by atoms with van der Waals surface area (Å²) in [6, 6.07) is 0. The normalized spacial score (nSPS) is 20.1. The quantitative estimate of drug-likeness (QED) is 0.413. The van der Waals surface area contributed by atoms with E-state index in [1.54, 1.807) is 0 Å².